The van der Waals surface area contributed by atoms with Gasteiger partial charge in [0.2, 0.25) is 0 Å². The Bertz CT molecular complexity index is 4180. The fourth-order valence-corrected chi connectivity index (χ4v) is 14.3. The largest absolute Gasteiger partial charge is 0.311 e. The third-order valence-electron chi connectivity index (χ3n) is 15.9. The average Bonchev–Trinajstić information content (AvgIpc) is 4.04. The van der Waals surface area contributed by atoms with Gasteiger partial charge in [0.1, 0.15) is 0 Å². The highest BCUT2D eigenvalue weighted by atomic mass is 32.1. The van der Waals surface area contributed by atoms with Gasteiger partial charge in [-0.05, 0) is 143 Å². The van der Waals surface area contributed by atoms with E-state index in [0.29, 0.717) is 0 Å². The lowest BCUT2D eigenvalue weighted by Gasteiger charge is -2.47. The molecule has 1 aromatic heterocycles. The second-order valence-electron chi connectivity index (χ2n) is 20.0. The first-order valence-corrected chi connectivity index (χ1v) is 27.0. The van der Waals surface area contributed by atoms with Crippen molar-refractivity contribution in [1.29, 1.82) is 0 Å². The molecular formula is C68H45B2N5S. The highest BCUT2D eigenvalue weighted by molar-refractivity contribution is 7.33. The quantitative estimate of drug-likeness (QED) is 0.148. The van der Waals surface area contributed by atoms with E-state index in [2.05, 4.69) is 297 Å². The highest BCUT2D eigenvalue weighted by Gasteiger charge is 2.49. The Morgan fingerprint density at radius 2 is 0.711 bits per heavy atom. The summed E-state index contributed by atoms with van der Waals surface area (Å²) in [6.07, 6.45) is 0. The molecule has 0 N–H and O–H groups in total. The summed E-state index contributed by atoms with van der Waals surface area (Å²) in [5, 5.41) is 1.28. The molecule has 0 unspecified atom stereocenters. The van der Waals surface area contributed by atoms with Gasteiger partial charge in [0.05, 0.1) is 11.4 Å². The van der Waals surface area contributed by atoms with Crippen LogP contribution in [-0.4, -0.2) is 13.4 Å². The second-order valence-corrected chi connectivity index (χ2v) is 21.1. The SMILES string of the molecule is c1ccc(N(c2ccccc2)c2cc3c4c(c2)N(c2ccccc2)c2cc5c(cc2B4c2ccccc2N3c2ccccc2)B2c3sc4ccccc4c3N(c3ccccc3)c3cccc(c32)N5c2ccccc2)cc1. The van der Waals surface area contributed by atoms with E-state index in [-0.39, 0.29) is 13.4 Å². The summed E-state index contributed by atoms with van der Waals surface area (Å²) in [5.41, 5.74) is 23.7. The maximum atomic E-state index is 2.63. The van der Waals surface area contributed by atoms with E-state index in [9.17, 15) is 0 Å². The smallest absolute Gasteiger partial charge is 0.264 e. The minimum atomic E-state index is -0.106. The van der Waals surface area contributed by atoms with Crippen molar-refractivity contribution in [3.63, 3.8) is 0 Å². The third-order valence-corrected chi connectivity index (χ3v) is 17.1. The minimum Gasteiger partial charge on any atom is -0.311 e. The maximum absolute atomic E-state index is 2.63. The summed E-state index contributed by atoms with van der Waals surface area (Å²) in [7, 11) is 0. The van der Waals surface area contributed by atoms with E-state index in [0.717, 1.165) is 51.2 Å². The molecule has 8 heteroatoms. The predicted octanol–water partition coefficient (Wildman–Crippen LogP) is 14.5. The predicted molar refractivity (Wildman–Crippen MR) is 325 cm³/mol. The van der Waals surface area contributed by atoms with Crippen LogP contribution < -0.4 is 56.6 Å². The normalized spacial score (nSPS) is 13.4. The van der Waals surface area contributed by atoms with Crippen LogP contribution in [-0.2, 0) is 0 Å². The van der Waals surface area contributed by atoms with E-state index in [4.69, 9.17) is 0 Å². The van der Waals surface area contributed by atoms with Crippen molar-refractivity contribution < 1.29 is 0 Å². The number of nitrogens with zero attached hydrogens (tertiary/aromatic N) is 5. The summed E-state index contributed by atoms with van der Waals surface area (Å²) in [5.74, 6) is 0. The van der Waals surface area contributed by atoms with Crippen molar-refractivity contribution in [2.24, 2.45) is 0 Å². The number of fused-ring (bicyclic) bond motifs is 10. The van der Waals surface area contributed by atoms with Crippen LogP contribution >= 0.6 is 11.3 Å². The Kier molecular flexibility index (Phi) is 9.63. The molecule has 12 aromatic rings. The van der Waals surface area contributed by atoms with Gasteiger partial charge in [-0.3, -0.25) is 0 Å². The second kappa shape index (κ2) is 17.0. The van der Waals surface area contributed by atoms with Crippen molar-refractivity contribution in [3.8, 4) is 0 Å². The van der Waals surface area contributed by atoms with Crippen LogP contribution in [0, 0.1) is 0 Å². The summed E-state index contributed by atoms with van der Waals surface area (Å²) in [6, 6.07) is 101. The Hall–Kier alpha value is -9.49. The Morgan fingerprint density at radius 1 is 0.289 bits per heavy atom. The number of anilines is 15. The van der Waals surface area contributed by atoms with Gasteiger partial charge in [-0.1, -0.05) is 158 Å². The first-order valence-electron chi connectivity index (χ1n) is 26.2. The van der Waals surface area contributed by atoms with Crippen LogP contribution in [0.4, 0.5) is 85.3 Å². The molecule has 76 heavy (non-hydrogen) atoms. The minimum absolute atomic E-state index is 0.0443. The van der Waals surface area contributed by atoms with Crippen molar-refractivity contribution >= 4 is 152 Å². The molecule has 5 nitrogen and oxygen atoms in total. The van der Waals surface area contributed by atoms with Crippen molar-refractivity contribution in [1.82, 2.24) is 0 Å². The first kappa shape index (κ1) is 43.0. The van der Waals surface area contributed by atoms with E-state index in [1.165, 1.54) is 76.3 Å². The monoisotopic (exact) mass is 985 g/mol. The average molecular weight is 986 g/mol. The molecular weight excluding hydrogens is 940 g/mol. The topological polar surface area (TPSA) is 16.2 Å². The summed E-state index contributed by atoms with van der Waals surface area (Å²) < 4.78 is 2.65. The highest BCUT2D eigenvalue weighted by Crippen LogP contribution is 2.51. The van der Waals surface area contributed by atoms with E-state index >= 15 is 0 Å². The number of hydrogen-bond donors (Lipinski definition) is 0. The number of benzene rings is 11. The molecule has 0 saturated carbocycles. The molecule has 0 atom stereocenters. The summed E-state index contributed by atoms with van der Waals surface area (Å²) >= 11 is 1.95. The van der Waals surface area contributed by atoms with Crippen LogP contribution in [0.2, 0.25) is 0 Å². The first-order chi connectivity index (χ1) is 37.8. The molecule has 16 rings (SSSR count). The van der Waals surface area contributed by atoms with Crippen LogP contribution in [0.1, 0.15) is 0 Å². The van der Waals surface area contributed by atoms with Crippen LogP contribution in [0.3, 0.4) is 0 Å². The lowest BCUT2D eigenvalue weighted by Crippen LogP contribution is -2.65. The standard InChI is InChI=1S/C68H45B2N5S/c1-7-24-46(25-8-1)71(47-26-9-2-10-27-47)52-42-62-66-63(43-52)74(50-32-15-5-16-33-50)60-45-61-56(44-55(60)69(66)54-37-20-21-38-57(54)72(62)48-28-11-3-12-29-48)70-65-58(73(61)49-30-13-4-14-31-49)39-23-40-59(65)75(51-34-17-6-18-35-51)67-53-36-19-22-41-64(53)76-68(67)70/h1-45H. The van der Waals surface area contributed by atoms with E-state index in [1.54, 1.807) is 0 Å². The molecule has 0 amide bonds. The molecule has 0 radical (unpaired) electrons. The van der Waals surface area contributed by atoms with Gasteiger partial charge in [-0.2, -0.15) is 0 Å². The molecule has 0 bridgehead atoms. The number of rotatable bonds is 7. The third kappa shape index (κ3) is 6.34. The molecule has 4 aliphatic heterocycles. The van der Waals surface area contributed by atoms with E-state index < -0.39 is 0 Å². The number of thiophene rings is 1. The zero-order valence-electron chi connectivity index (χ0n) is 41.3. The number of hydrogen-bond acceptors (Lipinski definition) is 6. The fraction of sp³-hybridized carbons (Fsp3) is 0. The molecule has 0 spiro atoms. The lowest BCUT2D eigenvalue weighted by atomic mass is 9.31. The van der Waals surface area contributed by atoms with Crippen molar-refractivity contribution in [2.75, 3.05) is 24.5 Å². The lowest BCUT2D eigenvalue weighted by molar-refractivity contribution is 1.22. The zero-order valence-corrected chi connectivity index (χ0v) is 42.1. The van der Waals surface area contributed by atoms with Crippen molar-refractivity contribution in [3.05, 3.63) is 273 Å². The van der Waals surface area contributed by atoms with Crippen LogP contribution in [0.25, 0.3) is 10.1 Å². The van der Waals surface area contributed by atoms with Crippen LogP contribution in [0.5, 0.6) is 0 Å². The van der Waals surface area contributed by atoms with Crippen molar-refractivity contribution in [2.45, 2.75) is 0 Å². The van der Waals surface area contributed by atoms with Gasteiger partial charge in [-0.15, -0.1) is 11.3 Å². The molecule has 4 aliphatic rings. The number of para-hydroxylation sites is 7. The van der Waals surface area contributed by atoms with Gasteiger partial charge >= 0.3 is 0 Å². The molecule has 5 heterocycles. The Balaban J connectivity index is 1.03. The fourth-order valence-electron chi connectivity index (χ4n) is 12.9. The van der Waals surface area contributed by atoms with Gasteiger partial charge in [0.15, 0.2) is 0 Å². The van der Waals surface area contributed by atoms with Crippen LogP contribution in [0.15, 0.2) is 273 Å². The van der Waals surface area contributed by atoms with Gasteiger partial charge < -0.3 is 24.5 Å². The summed E-state index contributed by atoms with van der Waals surface area (Å²) in [4.78, 5) is 12.6. The summed E-state index contributed by atoms with van der Waals surface area (Å²) in [6.45, 7) is -0.150. The Labute approximate surface area is 447 Å². The van der Waals surface area contributed by atoms with E-state index in [1.807, 2.05) is 11.3 Å². The molecule has 11 aromatic carbocycles. The van der Waals surface area contributed by atoms with Gasteiger partial charge in [0, 0.05) is 88.8 Å². The molecule has 354 valence electrons. The van der Waals surface area contributed by atoms with Gasteiger partial charge in [0.25, 0.3) is 13.4 Å². The molecule has 0 fully saturated rings. The molecule has 0 saturated heterocycles. The van der Waals surface area contributed by atoms with Gasteiger partial charge in [-0.25, -0.2) is 0 Å². The maximum Gasteiger partial charge on any atom is 0.264 e. The Morgan fingerprint density at radius 3 is 1.29 bits per heavy atom. The zero-order chi connectivity index (χ0) is 49.8. The molecule has 0 aliphatic carbocycles.